The zero-order valence-electron chi connectivity index (χ0n) is 17.5. The second-order valence-electron chi connectivity index (χ2n) is 7.63. The van der Waals surface area contributed by atoms with Gasteiger partial charge in [0.1, 0.15) is 0 Å². The maximum Gasteiger partial charge on any atom is 0.183 e. The molecule has 1 N–H and O–H groups in total. The van der Waals surface area contributed by atoms with E-state index >= 15 is 0 Å². The van der Waals surface area contributed by atoms with Gasteiger partial charge in [-0.3, -0.25) is 0 Å². The molecular weight excluding hydrogens is 410 g/mol. The topological polar surface area (TPSA) is 29.9 Å². The highest BCUT2D eigenvalue weighted by Gasteiger charge is 2.15. The van der Waals surface area contributed by atoms with Crippen LogP contribution in [0.3, 0.4) is 0 Å². The summed E-state index contributed by atoms with van der Waals surface area (Å²) in [5.41, 5.74) is 7.32. The molecule has 1 atom stereocenters. The molecule has 0 aliphatic rings. The molecule has 2 aromatic heterocycles. The number of hydrogen-bond donors (Lipinski definition) is 1. The Hall–Kier alpha value is -2.56. The predicted molar refractivity (Wildman–Crippen MR) is 129 cm³/mol. The number of benzene rings is 2. The van der Waals surface area contributed by atoms with Gasteiger partial charge in [0.05, 0.1) is 11.7 Å². The van der Waals surface area contributed by atoms with Crippen molar-refractivity contribution in [3.05, 3.63) is 93.6 Å². The van der Waals surface area contributed by atoms with Crippen LogP contribution in [0.1, 0.15) is 35.5 Å². The molecule has 5 heteroatoms. The summed E-state index contributed by atoms with van der Waals surface area (Å²) in [4.78, 5) is 4.87. The Morgan fingerprint density at radius 2 is 1.80 bits per heavy atom. The van der Waals surface area contributed by atoms with Crippen molar-refractivity contribution in [3.8, 4) is 11.3 Å². The summed E-state index contributed by atoms with van der Waals surface area (Å²) in [6.07, 6.45) is 0.978. The number of nitrogens with one attached hydrogen (secondary N) is 1. The smallest absolute Gasteiger partial charge is 0.183 e. The van der Waals surface area contributed by atoms with Gasteiger partial charge in [0.25, 0.3) is 0 Å². The molecule has 0 saturated heterocycles. The maximum atomic E-state index is 6.00. The van der Waals surface area contributed by atoms with Gasteiger partial charge in [0.15, 0.2) is 5.13 Å². The second-order valence-corrected chi connectivity index (χ2v) is 8.92. The van der Waals surface area contributed by atoms with E-state index in [0.717, 1.165) is 28.8 Å². The molecule has 4 aromatic rings. The summed E-state index contributed by atoms with van der Waals surface area (Å²) >= 11 is 7.66. The van der Waals surface area contributed by atoms with E-state index in [9.17, 15) is 0 Å². The molecule has 2 aromatic carbocycles. The van der Waals surface area contributed by atoms with Crippen molar-refractivity contribution >= 4 is 28.1 Å². The van der Waals surface area contributed by atoms with Gasteiger partial charge in [-0.1, -0.05) is 54.1 Å². The van der Waals surface area contributed by atoms with E-state index in [-0.39, 0.29) is 6.04 Å². The summed E-state index contributed by atoms with van der Waals surface area (Å²) < 4.78 is 2.38. The van der Waals surface area contributed by atoms with Gasteiger partial charge in [-0.25, -0.2) is 4.98 Å². The molecule has 0 aliphatic heterocycles. The van der Waals surface area contributed by atoms with Crippen molar-refractivity contribution in [2.45, 2.75) is 39.8 Å². The third-order valence-electron chi connectivity index (χ3n) is 5.53. The van der Waals surface area contributed by atoms with Crippen molar-refractivity contribution in [2.75, 3.05) is 5.32 Å². The van der Waals surface area contributed by atoms with Crippen molar-refractivity contribution in [1.82, 2.24) is 9.55 Å². The van der Waals surface area contributed by atoms with Crippen LogP contribution in [0, 0.1) is 13.8 Å². The highest BCUT2D eigenvalue weighted by Crippen LogP contribution is 2.31. The van der Waals surface area contributed by atoms with Crippen molar-refractivity contribution < 1.29 is 0 Å². The van der Waals surface area contributed by atoms with E-state index in [1.54, 1.807) is 11.3 Å². The molecule has 0 aliphatic carbocycles. The van der Waals surface area contributed by atoms with Gasteiger partial charge in [-0.15, -0.1) is 11.3 Å². The number of nitrogens with zero attached hydrogens (tertiary/aromatic N) is 2. The van der Waals surface area contributed by atoms with Gasteiger partial charge < -0.3 is 9.88 Å². The van der Waals surface area contributed by atoms with E-state index in [0.29, 0.717) is 0 Å². The van der Waals surface area contributed by atoms with Crippen LogP contribution in [0.2, 0.25) is 5.02 Å². The first-order valence-electron chi connectivity index (χ1n) is 10.2. The number of halogens is 1. The van der Waals surface area contributed by atoms with Gasteiger partial charge in [0, 0.05) is 33.9 Å². The molecule has 0 spiro atoms. The number of aryl methyl sites for hydroxylation is 2. The molecule has 0 saturated carbocycles. The molecule has 0 bridgehead atoms. The second kappa shape index (κ2) is 9.07. The quantitative estimate of drug-likeness (QED) is 0.330. The van der Waals surface area contributed by atoms with Gasteiger partial charge in [-0.2, -0.15) is 0 Å². The maximum absolute atomic E-state index is 6.00. The fourth-order valence-corrected chi connectivity index (χ4v) is 4.70. The highest BCUT2D eigenvalue weighted by molar-refractivity contribution is 7.14. The first-order chi connectivity index (χ1) is 14.5. The lowest BCUT2D eigenvalue weighted by atomic mass is 10.1. The minimum Gasteiger partial charge on any atom is -0.355 e. The summed E-state index contributed by atoms with van der Waals surface area (Å²) in [5.74, 6) is 0. The number of aromatic nitrogens is 2. The molecule has 0 fully saturated rings. The Kier molecular flexibility index (Phi) is 6.26. The lowest BCUT2D eigenvalue weighted by Gasteiger charge is -2.12. The molecule has 2 heterocycles. The largest absolute Gasteiger partial charge is 0.355 e. The summed E-state index contributed by atoms with van der Waals surface area (Å²) in [6.45, 7) is 7.46. The minimum atomic E-state index is 0.219. The van der Waals surface area contributed by atoms with Gasteiger partial charge >= 0.3 is 0 Å². The molecule has 0 unspecified atom stereocenters. The van der Waals surface area contributed by atoms with Gasteiger partial charge in [0.2, 0.25) is 0 Å². The zero-order valence-corrected chi connectivity index (χ0v) is 19.1. The third-order valence-corrected chi connectivity index (χ3v) is 6.56. The summed E-state index contributed by atoms with van der Waals surface area (Å²) in [6, 6.07) is 21.0. The van der Waals surface area contributed by atoms with Crippen molar-refractivity contribution in [2.24, 2.45) is 0 Å². The van der Waals surface area contributed by atoms with E-state index < -0.39 is 0 Å². The standard InChI is InChI=1S/C25H26ClN3S/c1-17-15-23(19(3)29(17)14-13-20-9-11-22(26)12-10-20)24-16-30-25(28-24)27-18(2)21-7-5-4-6-8-21/h4-12,15-16,18H,13-14H2,1-3H3,(H,27,28)/t18-/m0/s1. The number of rotatable bonds is 7. The monoisotopic (exact) mass is 435 g/mol. The van der Waals surface area contributed by atoms with Crippen LogP contribution in [-0.4, -0.2) is 9.55 Å². The molecule has 30 heavy (non-hydrogen) atoms. The molecular formula is C25H26ClN3S. The van der Waals surface area contributed by atoms with E-state index in [2.05, 4.69) is 78.5 Å². The van der Waals surface area contributed by atoms with Crippen molar-refractivity contribution in [3.63, 3.8) is 0 Å². The number of anilines is 1. The summed E-state index contributed by atoms with van der Waals surface area (Å²) in [7, 11) is 0. The summed E-state index contributed by atoms with van der Waals surface area (Å²) in [5, 5.41) is 7.41. The Bertz CT molecular complexity index is 1110. The number of hydrogen-bond acceptors (Lipinski definition) is 3. The molecule has 4 rings (SSSR count). The van der Waals surface area contributed by atoms with Crippen LogP contribution in [0.5, 0.6) is 0 Å². The molecule has 0 radical (unpaired) electrons. The Morgan fingerprint density at radius 1 is 1.07 bits per heavy atom. The molecule has 0 amide bonds. The van der Waals surface area contributed by atoms with Crippen LogP contribution in [-0.2, 0) is 13.0 Å². The van der Waals surface area contributed by atoms with Crippen LogP contribution in [0.15, 0.2) is 66.0 Å². The third kappa shape index (κ3) is 4.61. The van der Waals surface area contributed by atoms with Crippen molar-refractivity contribution in [1.29, 1.82) is 0 Å². The van der Waals surface area contributed by atoms with E-state index in [1.165, 1.54) is 28.1 Å². The van der Waals surface area contributed by atoms with Crippen LogP contribution >= 0.6 is 22.9 Å². The molecule has 154 valence electrons. The van der Waals surface area contributed by atoms with Crippen LogP contribution in [0.4, 0.5) is 5.13 Å². The van der Waals surface area contributed by atoms with Crippen LogP contribution < -0.4 is 5.32 Å². The lowest BCUT2D eigenvalue weighted by Crippen LogP contribution is -2.06. The first-order valence-corrected chi connectivity index (χ1v) is 11.5. The number of thiazole rings is 1. The SMILES string of the molecule is Cc1cc(-c2csc(N[C@@H](C)c3ccccc3)n2)c(C)n1CCc1ccc(Cl)cc1. The average Bonchev–Trinajstić information content (AvgIpc) is 3.32. The molecule has 3 nitrogen and oxygen atoms in total. The minimum absolute atomic E-state index is 0.219. The highest BCUT2D eigenvalue weighted by atomic mass is 35.5. The van der Waals surface area contributed by atoms with Crippen LogP contribution in [0.25, 0.3) is 11.3 Å². The van der Waals surface area contributed by atoms with E-state index in [1.807, 2.05) is 18.2 Å². The Balaban J connectivity index is 1.48. The fraction of sp³-hybridized carbons (Fsp3) is 0.240. The average molecular weight is 436 g/mol. The van der Waals surface area contributed by atoms with E-state index in [4.69, 9.17) is 16.6 Å². The Morgan fingerprint density at radius 3 is 2.53 bits per heavy atom. The Labute approximate surface area is 187 Å². The zero-order chi connectivity index (χ0) is 21.1. The predicted octanol–water partition coefficient (Wildman–Crippen LogP) is 7.30. The lowest BCUT2D eigenvalue weighted by molar-refractivity contribution is 0.664. The van der Waals surface area contributed by atoms with Gasteiger partial charge in [-0.05, 0) is 56.5 Å². The normalized spacial score (nSPS) is 12.1. The first kappa shape index (κ1) is 20.7. The fourth-order valence-electron chi connectivity index (χ4n) is 3.77.